The first-order chi connectivity index (χ1) is 18.8. The van der Waals surface area contributed by atoms with E-state index in [1.807, 2.05) is 41.5 Å². The maximum absolute atomic E-state index is 6.42. The Bertz CT molecular complexity index is 1160. The molecule has 0 heterocycles. The van der Waals surface area contributed by atoms with E-state index >= 15 is 0 Å². The molecule has 220 valence electrons. The molecule has 0 aromatic heterocycles. The molecule has 1 aromatic carbocycles. The molecule has 0 aliphatic heterocycles. The van der Waals surface area contributed by atoms with E-state index in [1.165, 1.54) is 63.4 Å². The Morgan fingerprint density at radius 2 is 1.68 bits per heavy atom. The first kappa shape index (κ1) is 29.9. The largest absolute Gasteiger partial charge is 0.453 e. The third-order valence-electron chi connectivity index (χ3n) is 12.8. The summed E-state index contributed by atoms with van der Waals surface area (Å²) >= 11 is 5.58. The zero-order valence-electron chi connectivity index (χ0n) is 26.6. The smallest absolute Gasteiger partial charge is 0.358 e. The molecular weight excluding hydrogens is 508 g/mol. The molecule has 2 nitrogen and oxygen atoms in total. The Labute approximate surface area is 250 Å². The third kappa shape index (κ3) is 4.91. The topological polar surface area (TPSA) is 18.5 Å². The van der Waals surface area contributed by atoms with Gasteiger partial charge in [0.1, 0.15) is 11.9 Å². The van der Waals surface area contributed by atoms with Gasteiger partial charge in [0.2, 0.25) is 0 Å². The van der Waals surface area contributed by atoms with Crippen molar-refractivity contribution in [1.82, 2.24) is 0 Å². The molecule has 0 radical (unpaired) electrons. The number of rotatable bonds is 6. The second kappa shape index (κ2) is 10.9. The monoisotopic (exact) mass is 562 g/mol. The fourth-order valence-electron chi connectivity index (χ4n) is 10.4. The summed E-state index contributed by atoms with van der Waals surface area (Å²) < 4.78 is 12.3. The van der Waals surface area contributed by atoms with Crippen molar-refractivity contribution in [2.75, 3.05) is 0 Å². The summed E-state index contributed by atoms with van der Waals surface area (Å²) in [6, 6.07) is 9.79. The van der Waals surface area contributed by atoms with Crippen molar-refractivity contribution in [2.24, 2.45) is 39.4 Å². The highest BCUT2D eigenvalue weighted by molar-refractivity contribution is 7.79. The molecule has 0 spiro atoms. The Morgan fingerprint density at radius 1 is 0.950 bits per heavy atom. The molecule has 2 fully saturated rings. The minimum absolute atomic E-state index is 0.0367. The Hall–Kier alpha value is -1.61. The average molecular weight is 563 g/mol. The zero-order chi connectivity index (χ0) is 28.9. The van der Waals surface area contributed by atoms with Gasteiger partial charge in [0, 0.05) is 17.6 Å². The molecule has 40 heavy (non-hydrogen) atoms. The van der Waals surface area contributed by atoms with Gasteiger partial charge in [-0.05, 0) is 124 Å². The fourth-order valence-corrected chi connectivity index (χ4v) is 10.6. The van der Waals surface area contributed by atoms with Crippen molar-refractivity contribution in [2.45, 2.75) is 126 Å². The second-order valence-corrected chi connectivity index (χ2v) is 15.7. The van der Waals surface area contributed by atoms with E-state index in [0.717, 1.165) is 24.0 Å². The van der Waals surface area contributed by atoms with Crippen LogP contribution < -0.4 is 4.74 Å². The van der Waals surface area contributed by atoms with Crippen LogP contribution in [-0.2, 0) is 4.74 Å². The number of allylic oxidation sites excluding steroid dienone is 4. The molecule has 2 saturated carbocycles. The normalized spacial score (nSPS) is 37.0. The van der Waals surface area contributed by atoms with Crippen LogP contribution in [0, 0.1) is 39.4 Å². The molecule has 7 atom stereocenters. The van der Waals surface area contributed by atoms with Crippen LogP contribution in [0.4, 0.5) is 0 Å². The maximum atomic E-state index is 6.42. The van der Waals surface area contributed by atoms with Gasteiger partial charge in [-0.25, -0.2) is 0 Å². The first-order valence-electron chi connectivity index (χ1n) is 16.1. The second-order valence-electron chi connectivity index (χ2n) is 15.3. The van der Waals surface area contributed by atoms with Gasteiger partial charge in [0.05, 0.1) is 0 Å². The minimum Gasteiger partial charge on any atom is -0.453 e. The van der Waals surface area contributed by atoms with Gasteiger partial charge in [-0.1, -0.05) is 82.5 Å². The van der Waals surface area contributed by atoms with Crippen LogP contribution in [0.15, 0.2) is 53.1 Å². The number of hydrogen-bond donors (Lipinski definition) is 0. The quantitative estimate of drug-likeness (QED) is 0.254. The lowest BCUT2D eigenvalue weighted by molar-refractivity contribution is -0.0941. The summed E-state index contributed by atoms with van der Waals surface area (Å²) in [6.07, 6.45) is 15.3. The molecule has 0 saturated heterocycles. The summed E-state index contributed by atoms with van der Waals surface area (Å²) in [5, 5.41) is 0.264. The number of para-hydroxylation sites is 1. The third-order valence-corrected chi connectivity index (χ3v) is 13.0. The van der Waals surface area contributed by atoms with Crippen molar-refractivity contribution >= 4 is 17.5 Å². The number of benzene rings is 1. The molecule has 1 aromatic rings. The first-order valence-corrected chi connectivity index (χ1v) is 16.5. The minimum atomic E-state index is 0.0367. The predicted octanol–water partition coefficient (Wildman–Crippen LogP) is 10.9. The predicted molar refractivity (Wildman–Crippen MR) is 171 cm³/mol. The average Bonchev–Trinajstić information content (AvgIpc) is 3.17. The highest BCUT2D eigenvalue weighted by Crippen LogP contribution is 2.72. The summed E-state index contributed by atoms with van der Waals surface area (Å²) in [5.41, 5.74) is 6.25. The van der Waals surface area contributed by atoms with Crippen molar-refractivity contribution < 1.29 is 9.47 Å². The highest BCUT2D eigenvalue weighted by atomic mass is 32.1. The molecule has 4 aliphatic carbocycles. The number of thiocarbonyl (C=S) groups is 1. The molecular formula is C37H54O2S. The van der Waals surface area contributed by atoms with Crippen LogP contribution in [0.1, 0.15) is 120 Å². The number of fused-ring (bicyclic) bond motifs is 4. The summed E-state index contributed by atoms with van der Waals surface area (Å²) in [4.78, 5) is 0. The van der Waals surface area contributed by atoms with E-state index in [0.29, 0.717) is 16.7 Å². The lowest BCUT2D eigenvalue weighted by atomic mass is 9.43. The number of hydrogen-bond acceptors (Lipinski definition) is 3. The Morgan fingerprint density at radius 3 is 2.38 bits per heavy atom. The molecule has 0 unspecified atom stereocenters. The lowest BCUT2D eigenvalue weighted by Crippen LogP contribution is -2.56. The molecule has 0 N–H and O–H groups in total. The van der Waals surface area contributed by atoms with E-state index in [-0.39, 0.29) is 22.2 Å². The summed E-state index contributed by atoms with van der Waals surface area (Å²) in [6.45, 7) is 19.9. The van der Waals surface area contributed by atoms with Gasteiger partial charge in [-0.3, -0.25) is 0 Å². The Kier molecular flexibility index (Phi) is 8.14. The van der Waals surface area contributed by atoms with Gasteiger partial charge in [0.15, 0.2) is 0 Å². The van der Waals surface area contributed by atoms with Crippen LogP contribution in [0.3, 0.4) is 0 Å². The van der Waals surface area contributed by atoms with E-state index < -0.39 is 0 Å². The van der Waals surface area contributed by atoms with Gasteiger partial charge in [-0.15, -0.1) is 0 Å². The van der Waals surface area contributed by atoms with E-state index in [1.54, 1.807) is 0 Å². The SMILES string of the molecule is CC(C)=CCC[C@@H](C)[C@H]1CC[C@@]2(C)C3=C(CC[C@]12C)[C@@]1(C)CC[C@H](OC(=S)Oc2ccccc2)C(C)(C)[C@@H]1CC3. The van der Waals surface area contributed by atoms with Gasteiger partial charge >= 0.3 is 5.24 Å². The van der Waals surface area contributed by atoms with E-state index in [4.69, 9.17) is 21.7 Å². The van der Waals surface area contributed by atoms with Crippen LogP contribution in [0.25, 0.3) is 0 Å². The van der Waals surface area contributed by atoms with E-state index in [9.17, 15) is 0 Å². The van der Waals surface area contributed by atoms with Gasteiger partial charge in [0.25, 0.3) is 0 Å². The lowest BCUT2D eigenvalue weighted by Gasteiger charge is -2.62. The van der Waals surface area contributed by atoms with Crippen LogP contribution >= 0.6 is 12.2 Å². The van der Waals surface area contributed by atoms with Crippen molar-refractivity contribution in [1.29, 1.82) is 0 Å². The maximum Gasteiger partial charge on any atom is 0.358 e. The molecule has 5 rings (SSSR count). The van der Waals surface area contributed by atoms with Crippen LogP contribution in [0.5, 0.6) is 5.75 Å². The molecule has 0 bridgehead atoms. The van der Waals surface area contributed by atoms with Crippen LogP contribution in [0.2, 0.25) is 0 Å². The fraction of sp³-hybridized carbons (Fsp3) is 0.703. The van der Waals surface area contributed by atoms with Gasteiger partial charge in [-0.2, -0.15) is 0 Å². The van der Waals surface area contributed by atoms with Crippen molar-refractivity contribution in [3.05, 3.63) is 53.1 Å². The molecule has 0 amide bonds. The van der Waals surface area contributed by atoms with E-state index in [2.05, 4.69) is 61.5 Å². The Balaban J connectivity index is 1.35. The summed E-state index contributed by atoms with van der Waals surface area (Å²) in [7, 11) is 0. The highest BCUT2D eigenvalue weighted by Gasteiger charge is 2.63. The van der Waals surface area contributed by atoms with Crippen LogP contribution in [-0.4, -0.2) is 11.3 Å². The van der Waals surface area contributed by atoms with Crippen molar-refractivity contribution in [3.63, 3.8) is 0 Å². The standard InChI is InChI=1S/C37H54O2S/c1-25(2)13-12-14-26(3)28-19-23-37(8)30-17-18-31-34(4,5)32(39-33(40)38-27-15-10-9-11-16-27)21-22-35(31,6)29(30)20-24-36(28,37)7/h9-11,13,15-16,26,28,31-32H,12,14,17-24H2,1-8H3/t26-,28-,31+,32+,35-,36-,37+/m1/s1. The van der Waals surface area contributed by atoms with Gasteiger partial charge < -0.3 is 9.47 Å². The zero-order valence-corrected chi connectivity index (χ0v) is 27.4. The van der Waals surface area contributed by atoms with Crippen molar-refractivity contribution in [3.8, 4) is 5.75 Å². The molecule has 4 aliphatic rings. The molecule has 3 heteroatoms. The summed E-state index contributed by atoms with van der Waals surface area (Å²) in [5.74, 6) is 2.99. The number of ether oxygens (including phenoxy) is 2.